The Morgan fingerprint density at radius 1 is 0.690 bits per heavy atom. The Morgan fingerprint density at radius 2 is 1.28 bits per heavy atom. The molecule has 0 aliphatic rings. The lowest BCUT2D eigenvalue weighted by Gasteiger charge is -2.22. The molecule has 0 spiro atoms. The number of hydrogen-bond donors (Lipinski definition) is 2. The average Bonchev–Trinajstić information content (AvgIpc) is 2.69. The zero-order valence-electron chi connectivity index (χ0n) is 18.9. The van der Waals surface area contributed by atoms with Gasteiger partial charge in [-0.05, 0) is 26.2 Å². The number of alkyl carbamates (subject to hydrolysis) is 1. The molecule has 0 saturated carbocycles. The normalized spacial score (nSPS) is 12.7. The van der Waals surface area contributed by atoms with Gasteiger partial charge in [0, 0.05) is 0 Å². The molecule has 0 aromatic carbocycles. The molecular formula is C22H42N2O5. The van der Waals surface area contributed by atoms with Crippen LogP contribution in [0.2, 0.25) is 0 Å². The Morgan fingerprint density at radius 3 is 1.86 bits per heavy atom. The topological polar surface area (TPSA) is 93.7 Å². The molecular weight excluding hydrogens is 372 g/mol. The molecule has 2 unspecified atom stereocenters. The van der Waals surface area contributed by atoms with E-state index in [0.29, 0.717) is 25.9 Å². The summed E-state index contributed by atoms with van der Waals surface area (Å²) in [7, 11) is 0. The monoisotopic (exact) mass is 414 g/mol. The maximum absolute atomic E-state index is 12.6. The third-order valence-corrected chi connectivity index (χ3v) is 4.63. The number of unbranched alkanes of at least 4 members (excludes halogenated alkanes) is 6. The molecule has 0 aliphatic carbocycles. The summed E-state index contributed by atoms with van der Waals surface area (Å²) in [5.41, 5.74) is 0. The van der Waals surface area contributed by atoms with E-state index in [9.17, 15) is 14.4 Å². The first-order chi connectivity index (χ1) is 14.0. The lowest BCUT2D eigenvalue weighted by molar-refractivity contribution is -0.148. The van der Waals surface area contributed by atoms with Crippen LogP contribution in [0.1, 0.15) is 98.3 Å². The van der Waals surface area contributed by atoms with Crippen molar-refractivity contribution in [2.45, 2.75) is 110 Å². The minimum Gasteiger partial charge on any atom is -0.464 e. The predicted octanol–water partition coefficient (Wildman–Crippen LogP) is 4.48. The van der Waals surface area contributed by atoms with Gasteiger partial charge in [0.25, 0.3) is 0 Å². The number of rotatable bonds is 17. The van der Waals surface area contributed by atoms with E-state index in [0.717, 1.165) is 25.7 Å². The number of esters is 1. The van der Waals surface area contributed by atoms with Gasteiger partial charge in [-0.1, -0.05) is 72.1 Å². The van der Waals surface area contributed by atoms with Crippen molar-refractivity contribution >= 4 is 18.0 Å². The van der Waals surface area contributed by atoms with E-state index >= 15 is 0 Å². The zero-order chi connectivity index (χ0) is 21.9. The van der Waals surface area contributed by atoms with Crippen molar-refractivity contribution in [3.8, 4) is 0 Å². The molecule has 2 N–H and O–H groups in total. The molecule has 0 heterocycles. The number of carbonyl (C=O) groups excluding carboxylic acids is 3. The van der Waals surface area contributed by atoms with E-state index in [-0.39, 0.29) is 12.5 Å². The highest BCUT2D eigenvalue weighted by Crippen LogP contribution is 2.08. The zero-order valence-corrected chi connectivity index (χ0v) is 18.9. The van der Waals surface area contributed by atoms with Gasteiger partial charge >= 0.3 is 12.1 Å². The summed E-state index contributed by atoms with van der Waals surface area (Å²) in [6.07, 6.45) is 9.83. The SMILES string of the molecule is CCCCCCCCCOC(=O)C(CCC)NC(=O)C(CCC)NC(=O)OCC. The van der Waals surface area contributed by atoms with Crippen LogP contribution in [-0.4, -0.2) is 43.3 Å². The van der Waals surface area contributed by atoms with E-state index in [1.807, 2.05) is 13.8 Å². The van der Waals surface area contributed by atoms with Crippen LogP contribution < -0.4 is 10.6 Å². The van der Waals surface area contributed by atoms with Crippen molar-refractivity contribution in [2.24, 2.45) is 0 Å². The molecule has 29 heavy (non-hydrogen) atoms. The smallest absolute Gasteiger partial charge is 0.407 e. The largest absolute Gasteiger partial charge is 0.464 e. The van der Waals surface area contributed by atoms with Crippen LogP contribution in [0.5, 0.6) is 0 Å². The summed E-state index contributed by atoms with van der Waals surface area (Å²) >= 11 is 0. The first-order valence-corrected chi connectivity index (χ1v) is 11.4. The standard InChI is InChI=1S/C22H42N2O5/c1-5-9-10-11-12-13-14-17-29-21(26)19(16-7-3)23-20(25)18(15-6-2)24-22(27)28-8-4/h18-19H,5-17H2,1-4H3,(H,23,25)(H,24,27). The summed E-state index contributed by atoms with van der Waals surface area (Å²) in [6.45, 7) is 8.38. The van der Waals surface area contributed by atoms with Gasteiger partial charge in [-0.25, -0.2) is 9.59 Å². The quantitative estimate of drug-likeness (QED) is 0.270. The van der Waals surface area contributed by atoms with Crippen molar-refractivity contribution in [3.05, 3.63) is 0 Å². The molecule has 0 radical (unpaired) electrons. The van der Waals surface area contributed by atoms with Crippen LogP contribution in [0.25, 0.3) is 0 Å². The van der Waals surface area contributed by atoms with Crippen LogP contribution in [-0.2, 0) is 19.1 Å². The van der Waals surface area contributed by atoms with Gasteiger partial charge in [-0.2, -0.15) is 0 Å². The second kappa shape index (κ2) is 18.3. The van der Waals surface area contributed by atoms with Gasteiger partial charge < -0.3 is 20.1 Å². The summed E-state index contributed by atoms with van der Waals surface area (Å²) in [5.74, 6) is -0.788. The first-order valence-electron chi connectivity index (χ1n) is 11.4. The molecule has 0 aromatic rings. The Bertz CT molecular complexity index is 456. The molecule has 170 valence electrons. The second-order valence-corrected chi connectivity index (χ2v) is 7.34. The molecule has 0 rings (SSSR count). The molecule has 7 heteroatoms. The van der Waals surface area contributed by atoms with Crippen LogP contribution >= 0.6 is 0 Å². The summed E-state index contributed by atoms with van der Waals surface area (Å²) in [4.78, 5) is 36.6. The lowest BCUT2D eigenvalue weighted by atomic mass is 10.1. The van der Waals surface area contributed by atoms with Gasteiger partial charge in [0.15, 0.2) is 0 Å². The molecule has 7 nitrogen and oxygen atoms in total. The number of nitrogens with one attached hydrogen (secondary N) is 2. The number of carbonyl (C=O) groups is 3. The molecule has 0 aromatic heterocycles. The molecule has 0 bridgehead atoms. The van der Waals surface area contributed by atoms with Crippen molar-refractivity contribution in [2.75, 3.05) is 13.2 Å². The second-order valence-electron chi connectivity index (χ2n) is 7.34. The Labute approximate surface area is 176 Å². The fourth-order valence-corrected chi connectivity index (χ4v) is 3.01. The van der Waals surface area contributed by atoms with Crippen molar-refractivity contribution in [1.29, 1.82) is 0 Å². The first kappa shape index (κ1) is 27.2. The van der Waals surface area contributed by atoms with E-state index in [4.69, 9.17) is 9.47 Å². The van der Waals surface area contributed by atoms with Crippen LogP contribution in [0, 0.1) is 0 Å². The van der Waals surface area contributed by atoms with Crippen LogP contribution in [0.4, 0.5) is 4.79 Å². The van der Waals surface area contributed by atoms with E-state index in [2.05, 4.69) is 17.6 Å². The molecule has 0 fully saturated rings. The van der Waals surface area contributed by atoms with Crippen LogP contribution in [0.15, 0.2) is 0 Å². The van der Waals surface area contributed by atoms with Crippen molar-refractivity contribution < 1.29 is 23.9 Å². The van der Waals surface area contributed by atoms with E-state index < -0.39 is 24.1 Å². The highest BCUT2D eigenvalue weighted by Gasteiger charge is 2.27. The van der Waals surface area contributed by atoms with Crippen molar-refractivity contribution in [1.82, 2.24) is 10.6 Å². The van der Waals surface area contributed by atoms with Crippen molar-refractivity contribution in [3.63, 3.8) is 0 Å². The van der Waals surface area contributed by atoms with Gasteiger partial charge in [0.1, 0.15) is 12.1 Å². The number of amides is 2. The number of hydrogen-bond acceptors (Lipinski definition) is 5. The van der Waals surface area contributed by atoms with Gasteiger partial charge in [-0.15, -0.1) is 0 Å². The highest BCUT2D eigenvalue weighted by molar-refractivity contribution is 5.89. The Balaban J connectivity index is 4.44. The fraction of sp³-hybridized carbons (Fsp3) is 0.864. The minimum atomic E-state index is -0.727. The molecule has 2 atom stereocenters. The maximum atomic E-state index is 12.6. The molecule has 0 saturated heterocycles. The Kier molecular flexibility index (Phi) is 17.1. The summed E-state index contributed by atoms with van der Waals surface area (Å²) in [5, 5.41) is 5.30. The van der Waals surface area contributed by atoms with Gasteiger partial charge in [0.2, 0.25) is 5.91 Å². The third kappa shape index (κ3) is 13.9. The van der Waals surface area contributed by atoms with Crippen LogP contribution in [0.3, 0.4) is 0 Å². The fourth-order valence-electron chi connectivity index (χ4n) is 3.01. The molecule has 2 amide bonds. The third-order valence-electron chi connectivity index (χ3n) is 4.63. The maximum Gasteiger partial charge on any atom is 0.407 e. The van der Waals surface area contributed by atoms with Gasteiger partial charge in [-0.3, -0.25) is 4.79 Å². The lowest BCUT2D eigenvalue weighted by Crippen LogP contribution is -2.52. The highest BCUT2D eigenvalue weighted by atomic mass is 16.5. The van der Waals surface area contributed by atoms with E-state index in [1.54, 1.807) is 6.92 Å². The molecule has 0 aliphatic heterocycles. The minimum absolute atomic E-state index is 0.232. The predicted molar refractivity (Wildman–Crippen MR) is 115 cm³/mol. The summed E-state index contributed by atoms with van der Waals surface area (Å²) < 4.78 is 10.2. The average molecular weight is 415 g/mol. The van der Waals surface area contributed by atoms with Gasteiger partial charge in [0.05, 0.1) is 13.2 Å². The summed E-state index contributed by atoms with van der Waals surface area (Å²) in [6, 6.07) is -1.42. The van der Waals surface area contributed by atoms with E-state index in [1.165, 1.54) is 25.7 Å². The number of ether oxygens (including phenoxy) is 2. The Hall–Kier alpha value is -1.79.